The number of halogens is 1. The fourth-order valence-electron chi connectivity index (χ4n) is 3.17. The predicted molar refractivity (Wildman–Crippen MR) is 99.7 cm³/mol. The van der Waals surface area contributed by atoms with Gasteiger partial charge in [-0.3, -0.25) is 0 Å². The van der Waals surface area contributed by atoms with E-state index in [9.17, 15) is 22.7 Å². The van der Waals surface area contributed by atoms with Crippen LogP contribution < -0.4 is 0 Å². The first-order chi connectivity index (χ1) is 12.2. The molecule has 1 heterocycles. The summed E-state index contributed by atoms with van der Waals surface area (Å²) >= 11 is 0. The zero-order chi connectivity index (χ0) is 20.7. The molecule has 1 saturated heterocycles. The summed E-state index contributed by atoms with van der Waals surface area (Å²) in [4.78, 5) is 13.5. The van der Waals surface area contributed by atoms with Crippen LogP contribution in [0.15, 0.2) is 29.2 Å². The molecule has 8 heteroatoms. The smallest absolute Gasteiger partial charge is 0.410 e. The molecule has 27 heavy (non-hydrogen) atoms. The van der Waals surface area contributed by atoms with Crippen molar-refractivity contribution in [3.05, 3.63) is 30.1 Å². The Morgan fingerprint density at radius 1 is 1.19 bits per heavy atom. The van der Waals surface area contributed by atoms with Crippen molar-refractivity contribution >= 4 is 15.9 Å². The van der Waals surface area contributed by atoms with Gasteiger partial charge in [0, 0.05) is 13.1 Å². The van der Waals surface area contributed by atoms with E-state index in [0.29, 0.717) is 0 Å². The topological polar surface area (TPSA) is 83.9 Å². The summed E-state index contributed by atoms with van der Waals surface area (Å²) in [6.07, 6.45) is -0.336. The van der Waals surface area contributed by atoms with Crippen LogP contribution in [-0.2, 0) is 14.6 Å². The number of rotatable bonds is 3. The second-order valence-corrected chi connectivity index (χ2v) is 11.0. The Morgan fingerprint density at radius 2 is 1.74 bits per heavy atom. The standard InChI is InChI=1S/C19H28FNO5S/c1-17(2,3)26-16(22)21-11-9-19(23,10-12-21)18(4,5)27(24,25)15-8-6-7-14(20)13-15/h6-8,13,23H,9-12H2,1-5H3. The van der Waals surface area contributed by atoms with Gasteiger partial charge in [0.15, 0.2) is 9.84 Å². The van der Waals surface area contributed by atoms with E-state index in [1.807, 2.05) is 0 Å². The van der Waals surface area contributed by atoms with Crippen LogP contribution in [0.1, 0.15) is 47.5 Å². The van der Waals surface area contributed by atoms with E-state index in [1.165, 1.54) is 36.9 Å². The summed E-state index contributed by atoms with van der Waals surface area (Å²) in [5, 5.41) is 11.1. The summed E-state index contributed by atoms with van der Waals surface area (Å²) in [5.41, 5.74) is -2.19. The Kier molecular flexibility index (Phi) is 5.65. The lowest BCUT2D eigenvalue weighted by Crippen LogP contribution is -2.60. The number of benzene rings is 1. The molecule has 0 unspecified atom stereocenters. The first-order valence-corrected chi connectivity index (χ1v) is 10.4. The van der Waals surface area contributed by atoms with Crippen molar-refractivity contribution in [2.45, 2.75) is 68.3 Å². The van der Waals surface area contributed by atoms with Gasteiger partial charge in [-0.25, -0.2) is 17.6 Å². The summed E-state index contributed by atoms with van der Waals surface area (Å²) in [6.45, 7) is 8.52. The number of ether oxygens (including phenoxy) is 1. The van der Waals surface area contributed by atoms with Gasteiger partial charge in [-0.2, -0.15) is 0 Å². The second-order valence-electron chi connectivity index (χ2n) is 8.47. The van der Waals surface area contributed by atoms with E-state index in [4.69, 9.17) is 4.74 Å². The Morgan fingerprint density at radius 3 is 2.22 bits per heavy atom. The molecule has 0 spiro atoms. The number of aliphatic hydroxyl groups is 1. The van der Waals surface area contributed by atoms with Crippen LogP contribution in [0, 0.1) is 5.82 Å². The van der Waals surface area contributed by atoms with Crippen LogP contribution in [-0.4, -0.2) is 53.6 Å². The maximum atomic E-state index is 13.5. The Balaban J connectivity index is 2.21. The minimum Gasteiger partial charge on any atom is -0.444 e. The van der Waals surface area contributed by atoms with Gasteiger partial charge in [0.25, 0.3) is 0 Å². The van der Waals surface area contributed by atoms with E-state index in [0.717, 1.165) is 6.07 Å². The first-order valence-electron chi connectivity index (χ1n) is 8.90. The van der Waals surface area contributed by atoms with Gasteiger partial charge in [0.1, 0.15) is 11.4 Å². The van der Waals surface area contributed by atoms with E-state index < -0.39 is 37.7 Å². The average Bonchev–Trinajstić information content (AvgIpc) is 2.53. The highest BCUT2D eigenvalue weighted by molar-refractivity contribution is 7.92. The van der Waals surface area contributed by atoms with Gasteiger partial charge in [0.05, 0.1) is 15.2 Å². The normalized spacial score (nSPS) is 18.3. The van der Waals surface area contributed by atoms with Crippen molar-refractivity contribution in [3.63, 3.8) is 0 Å². The van der Waals surface area contributed by atoms with Crippen molar-refractivity contribution in [3.8, 4) is 0 Å². The zero-order valence-electron chi connectivity index (χ0n) is 16.5. The second kappa shape index (κ2) is 7.05. The third kappa shape index (κ3) is 4.27. The molecule has 0 aromatic heterocycles. The minimum absolute atomic E-state index is 0.0772. The van der Waals surface area contributed by atoms with E-state index in [-0.39, 0.29) is 30.8 Å². The lowest BCUT2D eigenvalue weighted by molar-refractivity contribution is -0.0510. The molecule has 2 rings (SSSR count). The van der Waals surface area contributed by atoms with E-state index >= 15 is 0 Å². The van der Waals surface area contributed by atoms with Gasteiger partial charge >= 0.3 is 6.09 Å². The third-order valence-corrected chi connectivity index (χ3v) is 7.74. The van der Waals surface area contributed by atoms with Gasteiger partial charge < -0.3 is 14.7 Å². The Hall–Kier alpha value is -1.67. The van der Waals surface area contributed by atoms with Crippen molar-refractivity contribution in [1.82, 2.24) is 4.90 Å². The molecule has 1 amide bonds. The predicted octanol–water partition coefficient (Wildman–Crippen LogP) is 3.14. The van der Waals surface area contributed by atoms with E-state index in [2.05, 4.69) is 0 Å². The monoisotopic (exact) mass is 401 g/mol. The number of piperidine rings is 1. The van der Waals surface area contributed by atoms with Crippen LogP contribution in [0.5, 0.6) is 0 Å². The quantitative estimate of drug-likeness (QED) is 0.841. The molecule has 1 aromatic rings. The molecular formula is C19H28FNO5S. The van der Waals surface area contributed by atoms with Crippen molar-refractivity contribution < 1.29 is 27.4 Å². The molecule has 6 nitrogen and oxygen atoms in total. The summed E-state index contributed by atoms with van der Waals surface area (Å²) in [5.74, 6) is -0.654. The largest absolute Gasteiger partial charge is 0.444 e. The molecule has 0 atom stereocenters. The number of hydrogen-bond donors (Lipinski definition) is 1. The Bertz CT molecular complexity index is 806. The van der Waals surface area contributed by atoms with Crippen LogP contribution >= 0.6 is 0 Å². The number of amides is 1. The highest BCUT2D eigenvalue weighted by Gasteiger charge is 2.54. The molecule has 0 bridgehead atoms. The third-order valence-electron chi connectivity index (χ3n) is 5.14. The van der Waals surface area contributed by atoms with Crippen LogP contribution in [0.4, 0.5) is 9.18 Å². The summed E-state index contributed by atoms with van der Waals surface area (Å²) < 4.78 is 43.4. The van der Waals surface area contributed by atoms with Gasteiger partial charge in [-0.1, -0.05) is 6.07 Å². The fourth-order valence-corrected chi connectivity index (χ4v) is 4.99. The number of carbonyl (C=O) groups excluding carboxylic acids is 1. The molecule has 1 fully saturated rings. The molecule has 1 aliphatic heterocycles. The number of sulfone groups is 1. The minimum atomic E-state index is -4.01. The maximum Gasteiger partial charge on any atom is 0.410 e. The average molecular weight is 402 g/mol. The molecule has 1 aromatic carbocycles. The highest BCUT2D eigenvalue weighted by atomic mass is 32.2. The van der Waals surface area contributed by atoms with Gasteiger partial charge in [-0.15, -0.1) is 0 Å². The molecular weight excluding hydrogens is 373 g/mol. The molecule has 1 aliphatic rings. The van der Waals surface area contributed by atoms with E-state index in [1.54, 1.807) is 20.8 Å². The van der Waals surface area contributed by atoms with Crippen molar-refractivity contribution in [1.29, 1.82) is 0 Å². The zero-order valence-corrected chi connectivity index (χ0v) is 17.3. The first kappa shape index (κ1) is 21.6. The molecule has 1 N–H and O–H groups in total. The summed E-state index contributed by atoms with van der Waals surface area (Å²) in [7, 11) is -4.01. The lowest BCUT2D eigenvalue weighted by Gasteiger charge is -2.46. The fraction of sp³-hybridized carbons (Fsp3) is 0.632. The van der Waals surface area contributed by atoms with Gasteiger partial charge in [-0.05, 0) is 65.7 Å². The Labute approximate surface area is 160 Å². The molecule has 152 valence electrons. The van der Waals surface area contributed by atoms with Crippen LogP contribution in [0.25, 0.3) is 0 Å². The van der Waals surface area contributed by atoms with Crippen LogP contribution in [0.3, 0.4) is 0 Å². The lowest BCUT2D eigenvalue weighted by atomic mass is 9.81. The number of likely N-dealkylation sites (tertiary alicyclic amines) is 1. The van der Waals surface area contributed by atoms with Crippen LogP contribution in [0.2, 0.25) is 0 Å². The van der Waals surface area contributed by atoms with Crippen molar-refractivity contribution in [2.24, 2.45) is 0 Å². The maximum absolute atomic E-state index is 13.5. The molecule has 0 aliphatic carbocycles. The summed E-state index contributed by atoms with van der Waals surface area (Å²) in [6, 6.07) is 4.77. The SMILES string of the molecule is CC(C)(C)OC(=O)N1CCC(O)(C(C)(C)S(=O)(=O)c2cccc(F)c2)CC1. The highest BCUT2D eigenvalue weighted by Crippen LogP contribution is 2.41. The van der Waals surface area contributed by atoms with Crippen molar-refractivity contribution in [2.75, 3.05) is 13.1 Å². The number of hydrogen-bond acceptors (Lipinski definition) is 5. The molecule has 0 saturated carbocycles. The number of carbonyl (C=O) groups is 1. The van der Waals surface area contributed by atoms with Gasteiger partial charge in [0.2, 0.25) is 0 Å². The number of nitrogens with zero attached hydrogens (tertiary/aromatic N) is 1. The molecule has 0 radical (unpaired) electrons.